The van der Waals surface area contributed by atoms with Gasteiger partial charge < -0.3 is 15.5 Å². The van der Waals surface area contributed by atoms with Crippen LogP contribution in [0.1, 0.15) is 5.69 Å². The summed E-state index contributed by atoms with van der Waals surface area (Å²) < 4.78 is 0. The Kier molecular flexibility index (Phi) is 3.24. The van der Waals surface area contributed by atoms with Gasteiger partial charge in [0.05, 0.1) is 12.1 Å². The fourth-order valence-corrected chi connectivity index (χ4v) is 2.04. The second kappa shape index (κ2) is 4.84. The van der Waals surface area contributed by atoms with E-state index in [0.29, 0.717) is 16.5 Å². The third-order valence-electron chi connectivity index (χ3n) is 1.98. The Morgan fingerprint density at radius 1 is 1.47 bits per heavy atom. The van der Waals surface area contributed by atoms with Crippen LogP contribution < -0.4 is 5.32 Å². The number of nitrogens with zero attached hydrogens (tertiary/aromatic N) is 1. The first-order valence-corrected chi connectivity index (χ1v) is 5.74. The van der Waals surface area contributed by atoms with Crippen LogP contribution in [0.3, 0.4) is 0 Å². The number of anilines is 2. The van der Waals surface area contributed by atoms with Crippen molar-refractivity contribution in [2.45, 2.75) is 6.42 Å². The fraction of sp³-hybridized carbons (Fsp3) is 0.0909. The summed E-state index contributed by atoms with van der Waals surface area (Å²) in [5.41, 5.74) is 1.23. The molecule has 17 heavy (non-hydrogen) atoms. The molecular formula is C11H10N2O3S. The van der Waals surface area contributed by atoms with Gasteiger partial charge in [-0.05, 0) is 12.1 Å². The molecule has 0 aliphatic rings. The third-order valence-corrected chi connectivity index (χ3v) is 2.79. The quantitative estimate of drug-likeness (QED) is 0.775. The number of carboxylic acids is 1. The highest BCUT2D eigenvalue weighted by Gasteiger charge is 2.06. The molecule has 1 heterocycles. The minimum atomic E-state index is -0.904. The normalized spacial score (nSPS) is 10.1. The fourth-order valence-electron chi connectivity index (χ4n) is 1.31. The lowest BCUT2D eigenvalue weighted by molar-refractivity contribution is -0.136. The lowest BCUT2D eigenvalue weighted by atomic mass is 10.3. The van der Waals surface area contributed by atoms with Gasteiger partial charge in [-0.15, -0.1) is 11.3 Å². The molecule has 0 saturated heterocycles. The lowest BCUT2D eigenvalue weighted by Crippen LogP contribution is -2.00. The predicted octanol–water partition coefficient (Wildman–Crippen LogP) is 2.22. The number of carbonyl (C=O) groups is 1. The first-order chi connectivity index (χ1) is 8.13. The van der Waals surface area contributed by atoms with Crippen LogP contribution in [-0.2, 0) is 11.2 Å². The van der Waals surface area contributed by atoms with Crippen molar-refractivity contribution >= 4 is 28.1 Å². The SMILES string of the molecule is O=C(O)Cc1csc(Nc2cccc(O)c2)n1. The van der Waals surface area contributed by atoms with Crippen molar-refractivity contribution in [3.05, 3.63) is 35.3 Å². The molecule has 3 N–H and O–H groups in total. The number of thiazole rings is 1. The molecule has 1 aromatic heterocycles. The van der Waals surface area contributed by atoms with Gasteiger partial charge >= 0.3 is 5.97 Å². The van der Waals surface area contributed by atoms with E-state index in [9.17, 15) is 9.90 Å². The number of aliphatic carboxylic acids is 1. The van der Waals surface area contributed by atoms with Crippen LogP contribution in [0.5, 0.6) is 5.75 Å². The maximum absolute atomic E-state index is 10.5. The summed E-state index contributed by atoms with van der Waals surface area (Å²) in [7, 11) is 0. The molecule has 0 fully saturated rings. The summed E-state index contributed by atoms with van der Waals surface area (Å²) in [5, 5.41) is 23.2. The highest BCUT2D eigenvalue weighted by Crippen LogP contribution is 2.23. The highest BCUT2D eigenvalue weighted by atomic mass is 32.1. The van der Waals surface area contributed by atoms with Gasteiger partial charge in [-0.2, -0.15) is 0 Å². The molecule has 88 valence electrons. The largest absolute Gasteiger partial charge is 0.508 e. The number of aromatic hydroxyl groups is 1. The first kappa shape index (κ1) is 11.4. The van der Waals surface area contributed by atoms with Crippen molar-refractivity contribution in [2.24, 2.45) is 0 Å². The Morgan fingerprint density at radius 3 is 3.00 bits per heavy atom. The van der Waals surface area contributed by atoms with E-state index in [4.69, 9.17) is 5.11 Å². The molecule has 0 amide bonds. The molecule has 0 unspecified atom stereocenters. The minimum absolute atomic E-state index is 0.0851. The summed E-state index contributed by atoms with van der Waals surface area (Å²) in [5.74, 6) is -0.739. The zero-order valence-corrected chi connectivity index (χ0v) is 9.57. The number of hydrogen-bond donors (Lipinski definition) is 3. The Hall–Kier alpha value is -2.08. The molecular weight excluding hydrogens is 240 g/mol. The molecule has 0 atom stereocenters. The second-order valence-electron chi connectivity index (χ2n) is 3.39. The highest BCUT2D eigenvalue weighted by molar-refractivity contribution is 7.13. The average Bonchev–Trinajstić information content (AvgIpc) is 2.64. The van der Waals surface area contributed by atoms with Gasteiger partial charge in [-0.25, -0.2) is 4.98 Å². The van der Waals surface area contributed by atoms with Gasteiger partial charge in [-0.3, -0.25) is 4.79 Å². The Balaban J connectivity index is 2.08. The summed E-state index contributed by atoms with van der Waals surface area (Å²) in [6.45, 7) is 0. The third kappa shape index (κ3) is 3.18. The van der Waals surface area contributed by atoms with E-state index in [0.717, 1.165) is 0 Å². The zero-order chi connectivity index (χ0) is 12.3. The van der Waals surface area contributed by atoms with Crippen molar-refractivity contribution in [2.75, 3.05) is 5.32 Å². The molecule has 0 bridgehead atoms. The number of benzene rings is 1. The monoisotopic (exact) mass is 250 g/mol. The number of phenolic OH excluding ortho intramolecular Hbond substituents is 1. The van der Waals surface area contributed by atoms with Crippen LogP contribution in [0.4, 0.5) is 10.8 Å². The van der Waals surface area contributed by atoms with E-state index in [-0.39, 0.29) is 12.2 Å². The van der Waals surface area contributed by atoms with Gasteiger partial charge in [0.2, 0.25) is 0 Å². The summed E-state index contributed by atoms with van der Waals surface area (Å²) in [4.78, 5) is 14.6. The topological polar surface area (TPSA) is 82.5 Å². The first-order valence-electron chi connectivity index (χ1n) is 4.86. The van der Waals surface area contributed by atoms with E-state index in [1.165, 1.54) is 11.3 Å². The molecule has 0 saturated carbocycles. The Bertz CT molecular complexity index is 539. The zero-order valence-electron chi connectivity index (χ0n) is 8.75. The second-order valence-corrected chi connectivity index (χ2v) is 4.25. The van der Waals surface area contributed by atoms with E-state index in [1.54, 1.807) is 29.6 Å². The number of rotatable bonds is 4. The maximum atomic E-state index is 10.5. The Morgan fingerprint density at radius 2 is 2.29 bits per heavy atom. The van der Waals surface area contributed by atoms with Crippen molar-refractivity contribution in [3.8, 4) is 5.75 Å². The van der Waals surface area contributed by atoms with E-state index >= 15 is 0 Å². The van der Waals surface area contributed by atoms with Gasteiger partial charge in [0.1, 0.15) is 5.75 Å². The van der Waals surface area contributed by atoms with Crippen molar-refractivity contribution in [1.82, 2.24) is 4.98 Å². The molecule has 0 aliphatic heterocycles. The number of carboxylic acid groups (broad SMARTS) is 1. The molecule has 5 nitrogen and oxygen atoms in total. The van der Waals surface area contributed by atoms with E-state index in [2.05, 4.69) is 10.3 Å². The molecule has 0 aliphatic carbocycles. The maximum Gasteiger partial charge on any atom is 0.309 e. The number of hydrogen-bond acceptors (Lipinski definition) is 5. The standard InChI is InChI=1S/C11H10N2O3S/c14-9-3-1-2-7(4-9)12-11-13-8(6-17-11)5-10(15)16/h1-4,6,14H,5H2,(H,12,13)(H,15,16). The number of aromatic nitrogens is 1. The van der Waals surface area contributed by atoms with Gasteiger partial charge in [0, 0.05) is 17.1 Å². The minimum Gasteiger partial charge on any atom is -0.508 e. The van der Waals surface area contributed by atoms with Crippen LogP contribution >= 0.6 is 11.3 Å². The van der Waals surface area contributed by atoms with Gasteiger partial charge in [0.15, 0.2) is 5.13 Å². The molecule has 1 aromatic carbocycles. The van der Waals surface area contributed by atoms with Gasteiger partial charge in [-0.1, -0.05) is 6.07 Å². The van der Waals surface area contributed by atoms with E-state index in [1.807, 2.05) is 0 Å². The van der Waals surface area contributed by atoms with Crippen molar-refractivity contribution in [3.63, 3.8) is 0 Å². The average molecular weight is 250 g/mol. The van der Waals surface area contributed by atoms with Crippen LogP contribution in [0.15, 0.2) is 29.6 Å². The lowest BCUT2D eigenvalue weighted by Gasteiger charge is -2.02. The number of phenols is 1. The van der Waals surface area contributed by atoms with Crippen LogP contribution in [0.2, 0.25) is 0 Å². The number of nitrogens with one attached hydrogen (secondary N) is 1. The van der Waals surface area contributed by atoms with Gasteiger partial charge in [0.25, 0.3) is 0 Å². The van der Waals surface area contributed by atoms with Crippen LogP contribution in [0.25, 0.3) is 0 Å². The van der Waals surface area contributed by atoms with Crippen LogP contribution in [0, 0.1) is 0 Å². The van der Waals surface area contributed by atoms with Crippen LogP contribution in [-0.4, -0.2) is 21.2 Å². The predicted molar refractivity (Wildman–Crippen MR) is 64.8 cm³/mol. The Labute approximate surface area is 101 Å². The summed E-state index contributed by atoms with van der Waals surface area (Å²) in [6.07, 6.45) is -0.0851. The molecule has 0 radical (unpaired) electrons. The molecule has 2 aromatic rings. The van der Waals surface area contributed by atoms with Crippen molar-refractivity contribution in [1.29, 1.82) is 0 Å². The summed E-state index contributed by atoms with van der Waals surface area (Å²) >= 11 is 1.33. The summed E-state index contributed by atoms with van der Waals surface area (Å²) in [6, 6.07) is 6.64. The smallest absolute Gasteiger partial charge is 0.309 e. The molecule has 0 spiro atoms. The van der Waals surface area contributed by atoms with E-state index < -0.39 is 5.97 Å². The van der Waals surface area contributed by atoms with Crippen molar-refractivity contribution < 1.29 is 15.0 Å². The molecule has 2 rings (SSSR count). The molecule has 6 heteroatoms.